The Morgan fingerprint density at radius 2 is 0.636 bits per heavy atom. The Labute approximate surface area is 571 Å². The molecule has 3 aliphatic carbocycles. The van der Waals surface area contributed by atoms with Gasteiger partial charge in [-0.1, -0.05) is 187 Å². The van der Waals surface area contributed by atoms with Crippen LogP contribution in [0.25, 0.3) is 163 Å². The van der Waals surface area contributed by atoms with E-state index in [1.165, 1.54) is 197 Å². The molecule has 0 amide bonds. The third-order valence-corrected chi connectivity index (χ3v) is 23.7. The van der Waals surface area contributed by atoms with Crippen LogP contribution in [0.1, 0.15) is 74.9 Å². The van der Waals surface area contributed by atoms with E-state index in [2.05, 4.69) is 310 Å². The summed E-state index contributed by atoms with van der Waals surface area (Å²) in [5, 5.41) is 27.9. The minimum atomic E-state index is -0.114. The van der Waals surface area contributed by atoms with Crippen molar-refractivity contribution in [1.82, 2.24) is 0 Å². The molecule has 0 saturated carbocycles. The molecule has 3 aliphatic heterocycles. The van der Waals surface area contributed by atoms with E-state index in [0.29, 0.717) is 20.2 Å². The van der Waals surface area contributed by atoms with Crippen molar-refractivity contribution in [1.29, 1.82) is 0 Å². The standard InChI is InChI=1S/3C31H22NO/c1-31(2)26-15-22-11-18-7-3-6-10-21(18)14-25(22)30-27(26)29-28(31)24-13-20-9-5-4-8-19(20)12-23(24)16-32(29)17-33-30;1-31(2)25-15-21-13-19-8-3-4-9-20(19)14-23(21)30-28(25)29-26(31)16-24-22-10-6-5-7-18(22)11-12-27(24)32(29)17-33-30;1-31(2)25-16-22-13-19-8-3-4-9-20(19)14-24(22)30-27(25)29-26(31)15-21-12-11-18-7-5-6-10-23(18)28(21)32(29)17-33-30/h3*3-16H,17H2,1-2H3/q3*+1. The Morgan fingerprint density at radius 3 is 1.17 bits per heavy atom. The molecule has 18 aromatic rings. The van der Waals surface area contributed by atoms with E-state index in [4.69, 9.17) is 14.2 Å². The van der Waals surface area contributed by atoms with Gasteiger partial charge in [0.15, 0.2) is 6.20 Å². The van der Waals surface area contributed by atoms with Gasteiger partial charge in [0.2, 0.25) is 28.1 Å². The number of fused-ring (bicyclic) bond motifs is 20. The second kappa shape index (κ2) is 19.3. The van der Waals surface area contributed by atoms with Crippen LogP contribution in [0.3, 0.4) is 0 Å². The molecule has 0 fully saturated rings. The molecular weight excluding hydrogens is 1210 g/mol. The summed E-state index contributed by atoms with van der Waals surface area (Å²) in [4.78, 5) is 0. The van der Waals surface area contributed by atoms with Crippen LogP contribution < -0.4 is 27.9 Å². The highest BCUT2D eigenvalue weighted by atomic mass is 16.5. The van der Waals surface area contributed by atoms with Crippen molar-refractivity contribution in [3.05, 3.63) is 288 Å². The fraction of sp³-hybridized carbons (Fsp3) is 0.129. The van der Waals surface area contributed by atoms with Crippen molar-refractivity contribution in [3.63, 3.8) is 0 Å². The SMILES string of the molecule is CC1(C)c2cc3cc4ccccc4cc3c3c2-c2c1c1cc4ccccc4cc1c[n+]2CO3.CC1(C)c2cc3cc4ccccc4cc3c3c2-c2c1cc1c4ccccc4ccc1[n+]2CO3.CC1(C)c2cc3cc4ccccc4cc3c3c2-c2c1cc1ccc4ccccc4c1[n+]2CO3. The Kier molecular flexibility index (Phi) is 10.8. The molecule has 0 radical (unpaired) electrons. The first-order valence-corrected chi connectivity index (χ1v) is 34.9. The summed E-state index contributed by atoms with van der Waals surface area (Å²) in [7, 11) is 0. The molecule has 6 heteroatoms. The average Bonchev–Trinajstić information content (AvgIpc) is 1.55. The van der Waals surface area contributed by atoms with Gasteiger partial charge in [-0.2, -0.15) is 13.7 Å². The molecule has 0 N–H and O–H groups in total. The zero-order valence-electron chi connectivity index (χ0n) is 55.9. The van der Waals surface area contributed by atoms with Gasteiger partial charge in [-0.3, -0.25) is 0 Å². The third kappa shape index (κ3) is 7.42. The highest BCUT2D eigenvalue weighted by molar-refractivity contribution is 6.13. The molecule has 6 aliphatic rings. The van der Waals surface area contributed by atoms with Gasteiger partial charge >= 0.3 is 0 Å². The Hall–Kier alpha value is -11.7. The minimum absolute atomic E-state index is 0.0888. The number of hydrogen-bond donors (Lipinski definition) is 0. The molecule has 24 rings (SSSR count). The highest BCUT2D eigenvalue weighted by Crippen LogP contribution is 2.60. The van der Waals surface area contributed by atoms with Crippen molar-refractivity contribution >= 4 is 130 Å². The summed E-state index contributed by atoms with van der Waals surface area (Å²) in [6.07, 6.45) is 2.28. The maximum atomic E-state index is 6.64. The monoisotopic (exact) mass is 1270 g/mol. The molecule has 468 valence electrons. The van der Waals surface area contributed by atoms with E-state index in [1.54, 1.807) is 0 Å². The molecular formula is C93H66N3O3+3. The predicted molar refractivity (Wildman–Crippen MR) is 405 cm³/mol. The zero-order valence-corrected chi connectivity index (χ0v) is 55.9. The summed E-state index contributed by atoms with van der Waals surface area (Å²) in [5.41, 5.74) is 18.3. The van der Waals surface area contributed by atoms with E-state index in [-0.39, 0.29) is 16.2 Å². The Bertz CT molecular complexity index is 6770. The van der Waals surface area contributed by atoms with E-state index in [1.807, 2.05) is 0 Å². The summed E-state index contributed by atoms with van der Waals surface area (Å²) < 4.78 is 26.9. The van der Waals surface area contributed by atoms with Crippen molar-refractivity contribution in [3.8, 4) is 51.0 Å². The van der Waals surface area contributed by atoms with Gasteiger partial charge in [0.1, 0.15) is 17.2 Å². The first-order valence-electron chi connectivity index (χ1n) is 34.9. The minimum Gasteiger partial charge on any atom is -0.434 e. The molecule has 6 heterocycles. The van der Waals surface area contributed by atoms with Crippen molar-refractivity contribution < 1.29 is 27.9 Å². The van der Waals surface area contributed by atoms with Crippen LogP contribution in [0.2, 0.25) is 0 Å². The largest absolute Gasteiger partial charge is 0.434 e. The first-order chi connectivity index (χ1) is 48.3. The Morgan fingerprint density at radius 1 is 0.263 bits per heavy atom. The van der Waals surface area contributed by atoms with Crippen LogP contribution >= 0.6 is 0 Å². The summed E-state index contributed by atoms with van der Waals surface area (Å²) in [5.74, 6) is 3.13. The summed E-state index contributed by atoms with van der Waals surface area (Å²) in [6, 6.07) is 91.5. The van der Waals surface area contributed by atoms with E-state index >= 15 is 0 Å². The van der Waals surface area contributed by atoms with Crippen LogP contribution in [-0.4, -0.2) is 0 Å². The van der Waals surface area contributed by atoms with Crippen molar-refractivity contribution in [2.75, 3.05) is 0 Å². The van der Waals surface area contributed by atoms with Gasteiger partial charge in [0.25, 0.3) is 20.2 Å². The van der Waals surface area contributed by atoms with Crippen LogP contribution in [0.5, 0.6) is 17.2 Å². The number of rotatable bonds is 0. The van der Waals surface area contributed by atoms with Crippen molar-refractivity contribution in [2.45, 2.75) is 78.0 Å². The van der Waals surface area contributed by atoms with Crippen LogP contribution in [0.15, 0.2) is 255 Å². The fourth-order valence-electron chi connectivity index (χ4n) is 18.8. The fourth-order valence-corrected chi connectivity index (χ4v) is 18.8. The number of benzene rings is 15. The smallest absolute Gasteiger partial charge is 0.293 e. The van der Waals surface area contributed by atoms with E-state index in [9.17, 15) is 0 Å². The molecule has 0 unspecified atom stereocenters. The average molecular weight is 1270 g/mol. The predicted octanol–water partition coefficient (Wildman–Crippen LogP) is 21.7. The molecule has 0 saturated heterocycles. The molecule has 15 aromatic carbocycles. The number of ether oxygens (including phenoxy) is 3. The topological polar surface area (TPSA) is 39.3 Å². The maximum absolute atomic E-state index is 6.64. The lowest BCUT2D eigenvalue weighted by Crippen LogP contribution is -2.43. The molecule has 0 bridgehead atoms. The van der Waals surface area contributed by atoms with Gasteiger partial charge in [-0.05, 0) is 195 Å². The highest BCUT2D eigenvalue weighted by Gasteiger charge is 2.51. The lowest BCUT2D eigenvalue weighted by atomic mass is 9.80. The second-order valence-corrected chi connectivity index (χ2v) is 30.1. The Balaban J connectivity index is 0.0000000949. The zero-order chi connectivity index (χ0) is 65.7. The van der Waals surface area contributed by atoms with Crippen LogP contribution in [0, 0.1) is 0 Å². The number of aromatic nitrogens is 3. The van der Waals surface area contributed by atoms with E-state index in [0.717, 1.165) is 17.2 Å². The lowest BCUT2D eigenvalue weighted by Gasteiger charge is -2.22. The van der Waals surface area contributed by atoms with E-state index < -0.39 is 0 Å². The first kappa shape index (κ1) is 55.4. The van der Waals surface area contributed by atoms with Gasteiger partial charge in [0.05, 0.1) is 27.5 Å². The van der Waals surface area contributed by atoms with Gasteiger partial charge in [-0.15, -0.1) is 0 Å². The maximum Gasteiger partial charge on any atom is 0.293 e. The molecule has 0 atom stereocenters. The summed E-state index contributed by atoms with van der Waals surface area (Å²) in [6.45, 7) is 15.8. The molecule has 99 heavy (non-hydrogen) atoms. The second-order valence-electron chi connectivity index (χ2n) is 30.1. The molecule has 0 spiro atoms. The normalized spacial score (nSPS) is 15.3. The molecule has 3 aromatic heterocycles. The quantitative estimate of drug-likeness (QED) is 0.0863. The van der Waals surface area contributed by atoms with Gasteiger partial charge in [0, 0.05) is 65.9 Å². The van der Waals surface area contributed by atoms with Gasteiger partial charge in [-0.25, -0.2) is 0 Å². The number of nitrogens with zero attached hydrogens (tertiary/aromatic N) is 3. The third-order valence-electron chi connectivity index (χ3n) is 23.7. The molecule has 6 nitrogen and oxygen atoms in total. The number of pyridine rings is 3. The van der Waals surface area contributed by atoms with Crippen LogP contribution in [0.4, 0.5) is 0 Å². The number of hydrogen-bond acceptors (Lipinski definition) is 3. The van der Waals surface area contributed by atoms with Crippen molar-refractivity contribution in [2.24, 2.45) is 0 Å². The lowest BCUT2D eigenvalue weighted by molar-refractivity contribution is -0.716. The summed E-state index contributed by atoms with van der Waals surface area (Å²) >= 11 is 0. The van der Waals surface area contributed by atoms with Gasteiger partial charge < -0.3 is 14.2 Å². The van der Waals surface area contributed by atoms with Crippen LogP contribution in [-0.2, 0) is 36.4 Å².